The second kappa shape index (κ2) is 7.05. The van der Waals surface area contributed by atoms with E-state index in [2.05, 4.69) is 22.2 Å². The molecule has 0 unspecified atom stereocenters. The zero-order chi connectivity index (χ0) is 14.4. The molecule has 106 valence electrons. The normalized spacial score (nSPS) is 10.5. The highest BCUT2D eigenvalue weighted by Gasteiger charge is 2.08. The fourth-order valence-corrected chi connectivity index (χ4v) is 2.11. The molecule has 2 rings (SSSR count). The molecule has 2 aromatic heterocycles. The van der Waals surface area contributed by atoms with Crippen molar-refractivity contribution in [1.29, 1.82) is 0 Å². The van der Waals surface area contributed by atoms with E-state index >= 15 is 0 Å². The number of hydrogen-bond acceptors (Lipinski definition) is 3. The van der Waals surface area contributed by atoms with E-state index in [1.165, 1.54) is 0 Å². The van der Waals surface area contributed by atoms with E-state index in [-0.39, 0.29) is 5.91 Å². The van der Waals surface area contributed by atoms with Gasteiger partial charge in [0, 0.05) is 36.7 Å². The molecular weight excluding hydrogens is 276 g/mol. The molecule has 5 nitrogen and oxygen atoms in total. The van der Waals surface area contributed by atoms with Crippen LogP contribution in [0.15, 0.2) is 30.9 Å². The lowest BCUT2D eigenvalue weighted by atomic mass is 10.1. The van der Waals surface area contributed by atoms with Crippen LogP contribution in [0.3, 0.4) is 0 Å². The number of hydrogen-bond donors (Lipinski definition) is 1. The first-order chi connectivity index (χ1) is 9.69. The van der Waals surface area contributed by atoms with Crippen molar-refractivity contribution in [2.75, 3.05) is 6.54 Å². The first-order valence-corrected chi connectivity index (χ1v) is 6.97. The van der Waals surface area contributed by atoms with Gasteiger partial charge >= 0.3 is 0 Å². The Balaban J connectivity index is 1.94. The third-order valence-corrected chi connectivity index (χ3v) is 3.02. The molecule has 1 amide bonds. The number of aryl methyl sites for hydroxylation is 1. The maximum Gasteiger partial charge on any atom is 0.251 e. The van der Waals surface area contributed by atoms with E-state index < -0.39 is 0 Å². The summed E-state index contributed by atoms with van der Waals surface area (Å²) in [6, 6.07) is 3.38. The van der Waals surface area contributed by atoms with Crippen LogP contribution in [0.2, 0.25) is 5.15 Å². The van der Waals surface area contributed by atoms with Crippen molar-refractivity contribution in [3.63, 3.8) is 0 Å². The number of imidazole rings is 1. The smallest absolute Gasteiger partial charge is 0.251 e. The first kappa shape index (κ1) is 14.5. The molecule has 0 radical (unpaired) electrons. The van der Waals surface area contributed by atoms with Crippen LogP contribution < -0.4 is 5.32 Å². The van der Waals surface area contributed by atoms with Gasteiger partial charge in [0.15, 0.2) is 0 Å². The Bertz CT molecular complexity index is 569. The second-order valence-electron chi connectivity index (χ2n) is 4.48. The van der Waals surface area contributed by atoms with Gasteiger partial charge in [-0.1, -0.05) is 24.9 Å². The zero-order valence-electron chi connectivity index (χ0n) is 11.3. The molecule has 0 atom stereocenters. The van der Waals surface area contributed by atoms with Crippen LogP contribution in [0, 0.1) is 0 Å². The molecule has 1 N–H and O–H groups in total. The van der Waals surface area contributed by atoms with E-state index in [1.807, 2.05) is 10.8 Å². The quantitative estimate of drug-likeness (QED) is 0.831. The molecule has 6 heteroatoms. The summed E-state index contributed by atoms with van der Waals surface area (Å²) >= 11 is 5.94. The van der Waals surface area contributed by atoms with Crippen LogP contribution in [0.5, 0.6) is 0 Å². The summed E-state index contributed by atoms with van der Waals surface area (Å²) in [5, 5.41) is 3.22. The maximum atomic E-state index is 12.1. The van der Waals surface area contributed by atoms with Crippen LogP contribution in [-0.2, 0) is 13.0 Å². The van der Waals surface area contributed by atoms with Crippen molar-refractivity contribution in [2.24, 2.45) is 0 Å². The van der Waals surface area contributed by atoms with Crippen molar-refractivity contribution in [3.8, 4) is 0 Å². The van der Waals surface area contributed by atoms with Gasteiger partial charge in [-0.2, -0.15) is 0 Å². The van der Waals surface area contributed by atoms with E-state index in [9.17, 15) is 4.79 Å². The van der Waals surface area contributed by atoms with Crippen LogP contribution in [0.1, 0.15) is 29.4 Å². The first-order valence-electron chi connectivity index (χ1n) is 6.59. The Labute approximate surface area is 123 Å². The Hall–Kier alpha value is -1.88. The summed E-state index contributed by atoms with van der Waals surface area (Å²) < 4.78 is 1.91. The lowest BCUT2D eigenvalue weighted by molar-refractivity contribution is 0.0952. The molecule has 0 aliphatic rings. The van der Waals surface area contributed by atoms with Gasteiger partial charge in [0.1, 0.15) is 5.15 Å². The van der Waals surface area contributed by atoms with Gasteiger partial charge in [0.2, 0.25) is 0 Å². The van der Waals surface area contributed by atoms with Crippen molar-refractivity contribution < 1.29 is 4.79 Å². The molecule has 0 fully saturated rings. The monoisotopic (exact) mass is 292 g/mol. The summed E-state index contributed by atoms with van der Waals surface area (Å²) in [6.45, 7) is 3.29. The zero-order valence-corrected chi connectivity index (χ0v) is 12.1. The Morgan fingerprint density at radius 1 is 1.45 bits per heavy atom. The highest BCUT2D eigenvalue weighted by Crippen LogP contribution is 2.12. The average molecular weight is 293 g/mol. The fraction of sp³-hybridized carbons (Fsp3) is 0.357. The van der Waals surface area contributed by atoms with Gasteiger partial charge in [-0.3, -0.25) is 4.79 Å². The lowest BCUT2D eigenvalue weighted by Crippen LogP contribution is -2.27. The highest BCUT2D eigenvalue weighted by atomic mass is 35.5. The number of pyridine rings is 1. The van der Waals surface area contributed by atoms with Crippen molar-refractivity contribution in [3.05, 3.63) is 47.3 Å². The van der Waals surface area contributed by atoms with Crippen molar-refractivity contribution in [2.45, 2.75) is 26.3 Å². The largest absolute Gasteiger partial charge is 0.350 e. The summed E-state index contributed by atoms with van der Waals surface area (Å²) in [6.07, 6.45) is 7.07. The van der Waals surface area contributed by atoms with Gasteiger partial charge in [0.25, 0.3) is 5.91 Å². The van der Waals surface area contributed by atoms with E-state index in [1.54, 1.807) is 24.7 Å². The third-order valence-electron chi connectivity index (χ3n) is 2.83. The third kappa shape index (κ3) is 4.06. The van der Waals surface area contributed by atoms with Gasteiger partial charge in [-0.25, -0.2) is 9.97 Å². The number of aromatic nitrogens is 3. The summed E-state index contributed by atoms with van der Waals surface area (Å²) in [4.78, 5) is 20.2. The van der Waals surface area contributed by atoms with E-state index in [4.69, 9.17) is 11.6 Å². The molecule has 0 aromatic carbocycles. The Kier molecular flexibility index (Phi) is 5.12. The van der Waals surface area contributed by atoms with Gasteiger partial charge in [0.05, 0.1) is 6.33 Å². The van der Waals surface area contributed by atoms with Crippen LogP contribution in [0.25, 0.3) is 0 Å². The number of rotatable bonds is 6. The topological polar surface area (TPSA) is 59.8 Å². The predicted octanol–water partition coefficient (Wildman–Crippen LogP) is 2.31. The molecule has 0 aliphatic heterocycles. The van der Waals surface area contributed by atoms with Crippen LogP contribution >= 0.6 is 11.6 Å². The number of nitrogens with one attached hydrogen (secondary N) is 1. The van der Waals surface area contributed by atoms with Gasteiger partial charge < -0.3 is 9.88 Å². The number of amides is 1. The summed E-state index contributed by atoms with van der Waals surface area (Å²) in [5.74, 6) is -0.133. The van der Waals surface area contributed by atoms with E-state index in [0.29, 0.717) is 23.8 Å². The highest BCUT2D eigenvalue weighted by molar-refractivity contribution is 6.29. The standard InChI is InChI=1S/C14H17ClN4O/c1-2-3-12-8-11(9-13(15)18-12)14(20)17-5-7-19-6-4-16-10-19/h4,6,8-10H,2-3,5,7H2,1H3,(H,17,20). The second-order valence-corrected chi connectivity index (χ2v) is 4.86. The Morgan fingerprint density at radius 2 is 2.30 bits per heavy atom. The van der Waals surface area contributed by atoms with Crippen LogP contribution in [-0.4, -0.2) is 27.0 Å². The summed E-state index contributed by atoms with van der Waals surface area (Å²) in [7, 11) is 0. The summed E-state index contributed by atoms with van der Waals surface area (Å²) in [5.41, 5.74) is 1.40. The average Bonchev–Trinajstić information content (AvgIpc) is 2.91. The molecule has 2 aromatic rings. The van der Waals surface area contributed by atoms with Crippen LogP contribution in [0.4, 0.5) is 0 Å². The molecule has 2 heterocycles. The fourth-order valence-electron chi connectivity index (χ4n) is 1.89. The minimum atomic E-state index is -0.133. The van der Waals surface area contributed by atoms with E-state index in [0.717, 1.165) is 18.5 Å². The van der Waals surface area contributed by atoms with Crippen molar-refractivity contribution >= 4 is 17.5 Å². The molecule has 0 bridgehead atoms. The van der Waals surface area contributed by atoms with Crippen molar-refractivity contribution in [1.82, 2.24) is 19.9 Å². The molecule has 0 spiro atoms. The molecule has 20 heavy (non-hydrogen) atoms. The van der Waals surface area contributed by atoms with Gasteiger partial charge in [-0.05, 0) is 18.6 Å². The molecule has 0 saturated heterocycles. The number of carbonyl (C=O) groups is 1. The Morgan fingerprint density at radius 3 is 3.00 bits per heavy atom. The number of nitrogens with zero attached hydrogens (tertiary/aromatic N) is 3. The van der Waals surface area contributed by atoms with Gasteiger partial charge in [-0.15, -0.1) is 0 Å². The maximum absolute atomic E-state index is 12.1. The molecule has 0 saturated carbocycles. The number of halogens is 1. The SMILES string of the molecule is CCCc1cc(C(=O)NCCn2ccnc2)cc(Cl)n1. The number of carbonyl (C=O) groups excluding carboxylic acids is 1. The molecular formula is C14H17ClN4O. The lowest BCUT2D eigenvalue weighted by Gasteiger charge is -2.07. The minimum Gasteiger partial charge on any atom is -0.350 e. The minimum absolute atomic E-state index is 0.133. The molecule has 0 aliphatic carbocycles. The predicted molar refractivity (Wildman–Crippen MR) is 77.8 cm³/mol.